The monoisotopic (exact) mass is 267 g/mol. The van der Waals surface area contributed by atoms with Crippen LogP contribution in [0.3, 0.4) is 0 Å². The summed E-state index contributed by atoms with van der Waals surface area (Å²) in [5.74, 6) is -0.267. The Morgan fingerprint density at radius 2 is 2.00 bits per heavy atom. The van der Waals surface area contributed by atoms with E-state index in [1.807, 2.05) is 0 Å². The van der Waals surface area contributed by atoms with Gasteiger partial charge in [0.1, 0.15) is 5.82 Å². The summed E-state index contributed by atoms with van der Waals surface area (Å²) in [4.78, 5) is 0. The van der Waals surface area contributed by atoms with Crippen molar-refractivity contribution < 1.29 is 17.6 Å². The molecule has 0 aliphatic heterocycles. The highest BCUT2D eigenvalue weighted by Gasteiger charge is 2.27. The van der Waals surface area contributed by atoms with Crippen molar-refractivity contribution in [2.75, 3.05) is 12.3 Å². The number of hydrogen-bond acceptors (Lipinski definition) is 2. The van der Waals surface area contributed by atoms with Crippen molar-refractivity contribution in [3.8, 4) is 0 Å². The molecule has 0 bridgehead atoms. The second kappa shape index (κ2) is 6.86. The predicted molar refractivity (Wildman–Crippen MR) is 61.2 cm³/mol. The number of rotatable bonds is 6. The number of alkyl halides is 3. The van der Waals surface area contributed by atoms with E-state index in [4.69, 9.17) is 0 Å². The van der Waals surface area contributed by atoms with E-state index < -0.39 is 5.51 Å². The molecule has 1 rings (SSSR count). The second-order valence-corrected chi connectivity index (χ2v) is 4.61. The van der Waals surface area contributed by atoms with Crippen molar-refractivity contribution in [2.24, 2.45) is 0 Å². The first-order valence-electron chi connectivity index (χ1n) is 5.13. The van der Waals surface area contributed by atoms with Crippen molar-refractivity contribution in [2.45, 2.75) is 18.5 Å². The Hall–Kier alpha value is -0.750. The van der Waals surface area contributed by atoms with Gasteiger partial charge in [0, 0.05) is 12.3 Å². The third-order valence-electron chi connectivity index (χ3n) is 1.98. The van der Waals surface area contributed by atoms with E-state index in [1.165, 1.54) is 12.1 Å². The Morgan fingerprint density at radius 3 is 2.65 bits per heavy atom. The smallest absolute Gasteiger partial charge is 0.313 e. The molecule has 0 amide bonds. The zero-order valence-electron chi connectivity index (χ0n) is 9.06. The van der Waals surface area contributed by atoms with E-state index in [9.17, 15) is 17.6 Å². The average Bonchev–Trinajstić information content (AvgIpc) is 2.22. The van der Waals surface area contributed by atoms with Crippen molar-refractivity contribution in [1.29, 1.82) is 0 Å². The van der Waals surface area contributed by atoms with Gasteiger partial charge in [-0.2, -0.15) is 13.2 Å². The fourth-order valence-corrected chi connectivity index (χ4v) is 1.78. The first kappa shape index (κ1) is 14.3. The van der Waals surface area contributed by atoms with E-state index in [1.54, 1.807) is 12.1 Å². The zero-order chi connectivity index (χ0) is 12.7. The van der Waals surface area contributed by atoms with Crippen LogP contribution in [-0.4, -0.2) is 17.8 Å². The van der Waals surface area contributed by atoms with Crippen LogP contribution in [0.25, 0.3) is 0 Å². The summed E-state index contributed by atoms with van der Waals surface area (Å²) >= 11 is -0.0177. The summed E-state index contributed by atoms with van der Waals surface area (Å²) in [5, 5.41) is 2.97. The van der Waals surface area contributed by atoms with Crippen molar-refractivity contribution in [3.63, 3.8) is 0 Å². The molecule has 1 aromatic rings. The Labute approximate surface area is 102 Å². The molecule has 0 spiro atoms. The summed E-state index contributed by atoms with van der Waals surface area (Å²) in [6, 6.07) is 6.12. The highest BCUT2D eigenvalue weighted by Crippen LogP contribution is 2.30. The molecule has 0 aliphatic carbocycles. The van der Waals surface area contributed by atoms with E-state index >= 15 is 0 Å². The topological polar surface area (TPSA) is 12.0 Å². The molecule has 0 fully saturated rings. The van der Waals surface area contributed by atoms with Gasteiger partial charge < -0.3 is 5.32 Å². The first-order valence-corrected chi connectivity index (χ1v) is 6.12. The van der Waals surface area contributed by atoms with E-state index in [2.05, 4.69) is 5.32 Å². The molecule has 1 aromatic carbocycles. The SMILES string of the molecule is Fc1cccc(CNCCCSC(F)(F)F)c1. The minimum Gasteiger partial charge on any atom is -0.313 e. The molecule has 0 radical (unpaired) electrons. The van der Waals surface area contributed by atoms with Crippen LogP contribution < -0.4 is 5.32 Å². The van der Waals surface area contributed by atoms with Gasteiger partial charge in [0.25, 0.3) is 0 Å². The molecule has 1 nitrogen and oxygen atoms in total. The normalized spacial score (nSPS) is 11.8. The minimum atomic E-state index is -4.15. The third kappa shape index (κ3) is 7.23. The van der Waals surface area contributed by atoms with Gasteiger partial charge in [-0.1, -0.05) is 23.9 Å². The quantitative estimate of drug-likeness (QED) is 0.625. The van der Waals surface area contributed by atoms with Gasteiger partial charge in [-0.3, -0.25) is 0 Å². The molecule has 0 heterocycles. The molecule has 0 unspecified atom stereocenters. The van der Waals surface area contributed by atoms with Crippen LogP contribution in [0, 0.1) is 5.82 Å². The standard InChI is InChI=1S/C11H13F4NS/c12-10-4-1-3-9(7-10)8-16-5-2-6-17-11(13,14)15/h1,3-4,7,16H,2,5-6,8H2. The molecule has 0 aromatic heterocycles. The molecule has 0 saturated carbocycles. The predicted octanol–water partition coefficient (Wildman–Crippen LogP) is 3.56. The largest absolute Gasteiger partial charge is 0.441 e. The Kier molecular flexibility index (Phi) is 5.77. The maximum Gasteiger partial charge on any atom is 0.441 e. The number of benzene rings is 1. The average molecular weight is 267 g/mol. The maximum atomic E-state index is 12.8. The highest BCUT2D eigenvalue weighted by molar-refractivity contribution is 8.00. The Morgan fingerprint density at radius 1 is 1.24 bits per heavy atom. The minimum absolute atomic E-state index is 0.0177. The van der Waals surface area contributed by atoms with Gasteiger partial charge in [0.15, 0.2) is 0 Å². The van der Waals surface area contributed by atoms with Crippen LogP contribution in [0.1, 0.15) is 12.0 Å². The van der Waals surface area contributed by atoms with Gasteiger partial charge in [0.05, 0.1) is 0 Å². The lowest BCUT2D eigenvalue weighted by Crippen LogP contribution is -2.16. The van der Waals surface area contributed by atoms with Crippen LogP contribution in [0.15, 0.2) is 24.3 Å². The maximum absolute atomic E-state index is 12.8. The summed E-state index contributed by atoms with van der Waals surface area (Å²) in [5.41, 5.74) is -3.36. The number of thioether (sulfide) groups is 1. The van der Waals surface area contributed by atoms with Crippen LogP contribution >= 0.6 is 11.8 Å². The van der Waals surface area contributed by atoms with Gasteiger partial charge in [-0.05, 0) is 30.7 Å². The summed E-state index contributed by atoms with van der Waals surface area (Å²) < 4.78 is 48.1. The van der Waals surface area contributed by atoms with Gasteiger partial charge in [0.2, 0.25) is 0 Å². The molecule has 0 atom stereocenters. The number of halogens is 4. The molecule has 1 N–H and O–H groups in total. The van der Waals surface area contributed by atoms with Crippen molar-refractivity contribution in [1.82, 2.24) is 5.32 Å². The number of hydrogen-bond donors (Lipinski definition) is 1. The molecule has 0 aliphatic rings. The Bertz CT molecular complexity index is 340. The van der Waals surface area contributed by atoms with Crippen molar-refractivity contribution in [3.05, 3.63) is 35.6 Å². The lowest BCUT2D eigenvalue weighted by Gasteiger charge is -2.06. The van der Waals surface area contributed by atoms with E-state index in [-0.39, 0.29) is 23.3 Å². The molecule has 17 heavy (non-hydrogen) atoms. The van der Waals surface area contributed by atoms with Gasteiger partial charge in [-0.15, -0.1) is 0 Å². The van der Waals surface area contributed by atoms with Gasteiger partial charge >= 0.3 is 5.51 Å². The molecule has 6 heteroatoms. The first-order chi connectivity index (χ1) is 7.97. The zero-order valence-corrected chi connectivity index (χ0v) is 9.87. The van der Waals surface area contributed by atoms with Crippen molar-refractivity contribution >= 4 is 11.8 Å². The summed E-state index contributed by atoms with van der Waals surface area (Å²) in [6.07, 6.45) is 0.430. The fraction of sp³-hybridized carbons (Fsp3) is 0.455. The highest BCUT2D eigenvalue weighted by atomic mass is 32.2. The second-order valence-electron chi connectivity index (χ2n) is 3.45. The third-order valence-corrected chi connectivity index (χ3v) is 2.80. The summed E-state index contributed by atoms with van der Waals surface area (Å²) in [6.45, 7) is 0.952. The van der Waals surface area contributed by atoms with E-state index in [0.717, 1.165) is 5.56 Å². The van der Waals surface area contributed by atoms with Crippen LogP contribution in [-0.2, 0) is 6.54 Å². The molecular weight excluding hydrogens is 254 g/mol. The molecule has 0 saturated heterocycles. The van der Waals surface area contributed by atoms with Crippen LogP contribution in [0.2, 0.25) is 0 Å². The lowest BCUT2D eigenvalue weighted by atomic mass is 10.2. The van der Waals surface area contributed by atoms with Crippen LogP contribution in [0.4, 0.5) is 17.6 Å². The Balaban J connectivity index is 2.09. The van der Waals surface area contributed by atoms with Crippen LogP contribution in [0.5, 0.6) is 0 Å². The lowest BCUT2D eigenvalue weighted by molar-refractivity contribution is -0.0327. The van der Waals surface area contributed by atoms with Gasteiger partial charge in [-0.25, -0.2) is 4.39 Å². The molecular formula is C11H13F4NS. The fourth-order valence-electron chi connectivity index (χ4n) is 1.26. The summed E-state index contributed by atoms with van der Waals surface area (Å²) in [7, 11) is 0. The molecule has 96 valence electrons. The number of nitrogens with one attached hydrogen (secondary N) is 1. The van der Waals surface area contributed by atoms with E-state index in [0.29, 0.717) is 19.5 Å².